The van der Waals surface area contributed by atoms with Crippen molar-refractivity contribution in [1.82, 2.24) is 0 Å². The lowest BCUT2D eigenvalue weighted by Gasteiger charge is -2.37. The van der Waals surface area contributed by atoms with E-state index >= 15 is 0 Å². The Morgan fingerprint density at radius 3 is 1.80 bits per heavy atom. The van der Waals surface area contributed by atoms with Crippen LogP contribution >= 0.6 is 0 Å². The molecule has 0 saturated heterocycles. The van der Waals surface area contributed by atoms with Crippen molar-refractivity contribution in [2.75, 3.05) is 26.2 Å². The van der Waals surface area contributed by atoms with Crippen LogP contribution in [-0.4, -0.2) is 30.7 Å². The van der Waals surface area contributed by atoms with E-state index in [9.17, 15) is 0 Å². The summed E-state index contributed by atoms with van der Waals surface area (Å²) >= 11 is 0. The van der Waals surface area contributed by atoms with Crippen molar-refractivity contribution >= 4 is 12.2 Å². The van der Waals surface area contributed by atoms with Crippen LogP contribution in [0.1, 0.15) is 30.5 Å². The van der Waals surface area contributed by atoms with Crippen LogP contribution in [0.15, 0.2) is 84.9 Å². The molecule has 0 radical (unpaired) electrons. The van der Waals surface area contributed by atoms with Gasteiger partial charge >= 0.3 is 0 Å². The Morgan fingerprint density at radius 1 is 0.700 bits per heavy atom. The molecule has 0 heterocycles. The Kier molecular flexibility index (Phi) is 9.85. The van der Waals surface area contributed by atoms with E-state index in [0.29, 0.717) is 0 Å². The van der Waals surface area contributed by atoms with Crippen LogP contribution in [0.25, 0.3) is 12.2 Å². The topological polar surface area (TPSA) is 9.23 Å². The Bertz CT molecular complexity index is 872. The molecule has 158 valence electrons. The highest BCUT2D eigenvalue weighted by Gasteiger charge is 2.23. The van der Waals surface area contributed by atoms with Crippen LogP contribution < -0.4 is 21.7 Å². The van der Waals surface area contributed by atoms with Crippen molar-refractivity contribution in [2.24, 2.45) is 0 Å². The molecule has 0 atom stereocenters. The van der Waals surface area contributed by atoms with Crippen molar-refractivity contribution in [3.63, 3.8) is 0 Å². The number of benzene rings is 3. The minimum absolute atomic E-state index is 0. The number of ether oxygens (including phenoxy) is 1. The highest BCUT2D eigenvalue weighted by Crippen LogP contribution is 2.17. The predicted molar refractivity (Wildman–Crippen MR) is 124 cm³/mol. The van der Waals surface area contributed by atoms with Crippen LogP contribution in [0, 0.1) is 0 Å². The van der Waals surface area contributed by atoms with Crippen LogP contribution in [0.4, 0.5) is 0 Å². The van der Waals surface area contributed by atoms with E-state index in [1.807, 2.05) is 6.07 Å². The smallest absolute Gasteiger partial charge is 0.137 e. The van der Waals surface area contributed by atoms with Gasteiger partial charge in [0.05, 0.1) is 13.1 Å². The molecule has 0 fully saturated rings. The van der Waals surface area contributed by atoms with Gasteiger partial charge in [-0.2, -0.15) is 0 Å². The van der Waals surface area contributed by atoms with Gasteiger partial charge < -0.3 is 26.2 Å². The molecule has 3 heteroatoms. The van der Waals surface area contributed by atoms with Gasteiger partial charge in [0.25, 0.3) is 0 Å². The van der Waals surface area contributed by atoms with E-state index in [0.717, 1.165) is 43.0 Å². The number of hydrogen-bond donors (Lipinski definition) is 0. The fourth-order valence-corrected chi connectivity index (χ4v) is 3.60. The summed E-state index contributed by atoms with van der Waals surface area (Å²) in [6, 6.07) is 29.5. The van der Waals surface area contributed by atoms with E-state index in [4.69, 9.17) is 4.74 Å². The molecule has 3 aromatic rings. The summed E-state index contributed by atoms with van der Waals surface area (Å²) in [6.07, 6.45) is 4.27. The highest BCUT2D eigenvalue weighted by atomic mass is 79.9. The molecule has 30 heavy (non-hydrogen) atoms. The van der Waals surface area contributed by atoms with Crippen LogP contribution in [0.3, 0.4) is 0 Å². The van der Waals surface area contributed by atoms with Gasteiger partial charge in [-0.3, -0.25) is 0 Å². The van der Waals surface area contributed by atoms with E-state index in [1.54, 1.807) is 0 Å². The highest BCUT2D eigenvalue weighted by molar-refractivity contribution is 5.69. The molecular formula is C27H32BrNO. The summed E-state index contributed by atoms with van der Waals surface area (Å²) in [4.78, 5) is 0. The SMILES string of the molecule is CC[N+](CC)(CCOc1ccc(C=Cc2ccccc2)cc1)Cc1ccccc1.[Br-]. The molecule has 0 spiro atoms. The maximum atomic E-state index is 6.08. The molecule has 0 aliphatic heterocycles. The quantitative estimate of drug-likeness (QED) is 0.329. The second-order valence-electron chi connectivity index (χ2n) is 7.50. The van der Waals surface area contributed by atoms with Gasteiger partial charge in [-0.1, -0.05) is 84.9 Å². The molecule has 0 aromatic heterocycles. The molecule has 2 nitrogen and oxygen atoms in total. The number of rotatable bonds is 10. The zero-order chi connectivity index (χ0) is 20.4. The summed E-state index contributed by atoms with van der Waals surface area (Å²) in [6.45, 7) is 9.57. The summed E-state index contributed by atoms with van der Waals surface area (Å²) in [5, 5.41) is 0. The molecule has 0 N–H and O–H groups in total. The molecule has 3 aromatic carbocycles. The second-order valence-corrected chi connectivity index (χ2v) is 7.50. The molecule has 0 unspecified atom stereocenters. The van der Waals surface area contributed by atoms with E-state index in [2.05, 4.69) is 105 Å². The zero-order valence-corrected chi connectivity index (χ0v) is 19.6. The minimum Gasteiger partial charge on any atom is -1.00 e. The molecule has 3 rings (SSSR count). The fourth-order valence-electron chi connectivity index (χ4n) is 3.60. The summed E-state index contributed by atoms with van der Waals surface area (Å²) in [5.74, 6) is 0.937. The van der Waals surface area contributed by atoms with Crippen LogP contribution in [0.5, 0.6) is 5.75 Å². The molecule has 0 saturated carbocycles. The third-order valence-electron chi connectivity index (χ3n) is 5.68. The zero-order valence-electron chi connectivity index (χ0n) is 18.0. The van der Waals surface area contributed by atoms with Crippen LogP contribution in [-0.2, 0) is 6.54 Å². The Labute approximate surface area is 192 Å². The third kappa shape index (κ3) is 7.16. The van der Waals surface area contributed by atoms with Gasteiger partial charge in [-0.25, -0.2) is 0 Å². The van der Waals surface area contributed by atoms with E-state index in [1.165, 1.54) is 16.7 Å². The maximum absolute atomic E-state index is 6.08. The van der Waals surface area contributed by atoms with Crippen molar-refractivity contribution < 1.29 is 26.2 Å². The molecule has 0 bridgehead atoms. The lowest BCUT2D eigenvalue weighted by atomic mass is 10.1. The minimum atomic E-state index is 0. The standard InChI is InChI=1S/C27H32NO.BrH/c1-3-28(4-2,23-26-13-9-6-10-14-26)21-22-29-27-19-17-25(18-20-27)16-15-24-11-7-5-8-12-24;/h5-20H,3-4,21-23H2,1-2H3;1H/q+1;/p-1. The van der Waals surface area contributed by atoms with E-state index < -0.39 is 0 Å². The lowest BCUT2D eigenvalue weighted by molar-refractivity contribution is -0.937. The Hall–Kier alpha value is -2.36. The average molecular weight is 466 g/mol. The predicted octanol–water partition coefficient (Wildman–Crippen LogP) is 3.30. The lowest BCUT2D eigenvalue weighted by Crippen LogP contribution is -3.00. The second kappa shape index (κ2) is 12.4. The first kappa shape index (κ1) is 23.9. The Balaban J connectivity index is 0.00000320. The van der Waals surface area contributed by atoms with Gasteiger partial charge in [0, 0.05) is 5.56 Å². The van der Waals surface area contributed by atoms with Gasteiger partial charge in [-0.15, -0.1) is 0 Å². The third-order valence-corrected chi connectivity index (χ3v) is 5.68. The largest absolute Gasteiger partial charge is 1.00 e. The molecule has 0 aliphatic carbocycles. The number of halogens is 1. The number of likely N-dealkylation sites (N-methyl/N-ethyl adjacent to an activating group) is 1. The maximum Gasteiger partial charge on any atom is 0.137 e. The van der Waals surface area contributed by atoms with Crippen LogP contribution in [0.2, 0.25) is 0 Å². The first-order valence-electron chi connectivity index (χ1n) is 10.6. The number of nitrogens with zero attached hydrogens (tertiary/aromatic N) is 1. The molecular weight excluding hydrogens is 434 g/mol. The summed E-state index contributed by atoms with van der Waals surface area (Å²) in [7, 11) is 0. The van der Waals surface area contributed by atoms with Gasteiger partial charge in [0.2, 0.25) is 0 Å². The summed E-state index contributed by atoms with van der Waals surface area (Å²) < 4.78 is 7.12. The van der Waals surface area contributed by atoms with Crippen molar-refractivity contribution in [2.45, 2.75) is 20.4 Å². The summed E-state index contributed by atoms with van der Waals surface area (Å²) in [5.41, 5.74) is 3.78. The van der Waals surface area contributed by atoms with Gasteiger partial charge in [0.15, 0.2) is 0 Å². The normalized spacial score (nSPS) is 11.3. The van der Waals surface area contributed by atoms with Crippen molar-refractivity contribution in [3.8, 4) is 5.75 Å². The number of hydrogen-bond acceptors (Lipinski definition) is 1. The van der Waals surface area contributed by atoms with Gasteiger partial charge in [-0.05, 0) is 37.1 Å². The van der Waals surface area contributed by atoms with Crippen molar-refractivity contribution in [3.05, 3.63) is 102 Å². The monoisotopic (exact) mass is 465 g/mol. The first-order valence-corrected chi connectivity index (χ1v) is 10.6. The molecule has 0 amide bonds. The van der Waals surface area contributed by atoms with Gasteiger partial charge in [0.1, 0.15) is 25.4 Å². The van der Waals surface area contributed by atoms with E-state index in [-0.39, 0.29) is 17.0 Å². The Morgan fingerprint density at radius 2 is 1.23 bits per heavy atom. The number of quaternary nitrogens is 1. The average Bonchev–Trinajstić information content (AvgIpc) is 2.79. The fraction of sp³-hybridized carbons (Fsp3) is 0.259. The molecule has 0 aliphatic rings. The first-order chi connectivity index (χ1) is 14.2. The van der Waals surface area contributed by atoms with Crippen molar-refractivity contribution in [1.29, 1.82) is 0 Å².